The molecular weight excluding hydrogens is 305 g/mol. The molecule has 3 nitrogen and oxygen atoms in total. The van der Waals surface area contributed by atoms with Gasteiger partial charge in [0.2, 0.25) is 0 Å². The van der Waals surface area contributed by atoms with Crippen LogP contribution in [0.2, 0.25) is 0 Å². The molecule has 0 bridgehead atoms. The molecule has 0 aliphatic heterocycles. The summed E-state index contributed by atoms with van der Waals surface area (Å²) in [5.74, 6) is 0.0957. The molecule has 0 rings (SSSR count). The Bertz CT molecular complexity index is 231. The van der Waals surface area contributed by atoms with E-state index in [1.807, 2.05) is 0 Å². The van der Waals surface area contributed by atoms with E-state index >= 15 is 0 Å². The number of rotatable bonds is 17. The van der Waals surface area contributed by atoms with Gasteiger partial charge in [-0.3, -0.25) is 4.21 Å². The first-order valence-electron chi connectivity index (χ1n) is 9.04. The largest absolute Gasteiger partial charge is 1.00 e. The summed E-state index contributed by atoms with van der Waals surface area (Å²) in [6, 6.07) is 0. The summed E-state index contributed by atoms with van der Waals surface area (Å²) in [7, 11) is 0. The standard InChI is InChI=1S/C17H37NO2S.Na/c1-2-3-4-5-6-7-8-9-10-11-12-13-14-15-16-18-17-21(19)20;/h18H,2-17H2,1H3,(H,19,20);/q;+1/p-1. The van der Waals surface area contributed by atoms with Crippen LogP contribution in [0, 0.1) is 0 Å². The second-order valence-corrected chi connectivity index (χ2v) is 6.94. The minimum absolute atomic E-state index is 0. The van der Waals surface area contributed by atoms with Crippen molar-refractivity contribution < 1.29 is 38.3 Å². The van der Waals surface area contributed by atoms with E-state index in [0.29, 0.717) is 0 Å². The van der Waals surface area contributed by atoms with Gasteiger partial charge in [-0.2, -0.15) is 0 Å². The van der Waals surface area contributed by atoms with E-state index < -0.39 is 11.1 Å². The Kier molecular flexibility index (Phi) is 25.4. The van der Waals surface area contributed by atoms with Crippen molar-refractivity contribution in [2.45, 2.75) is 96.8 Å². The van der Waals surface area contributed by atoms with Crippen LogP contribution >= 0.6 is 0 Å². The fourth-order valence-electron chi connectivity index (χ4n) is 2.60. The maximum Gasteiger partial charge on any atom is 1.00 e. The predicted molar refractivity (Wildman–Crippen MR) is 92.1 cm³/mol. The van der Waals surface area contributed by atoms with Crippen molar-refractivity contribution in [2.24, 2.45) is 0 Å². The van der Waals surface area contributed by atoms with Crippen molar-refractivity contribution in [3.63, 3.8) is 0 Å². The van der Waals surface area contributed by atoms with Gasteiger partial charge in [0.25, 0.3) is 0 Å². The van der Waals surface area contributed by atoms with Crippen LogP contribution in [0.1, 0.15) is 96.8 Å². The molecule has 0 amide bonds. The predicted octanol–water partition coefficient (Wildman–Crippen LogP) is 1.90. The summed E-state index contributed by atoms with van der Waals surface area (Å²) >= 11 is -1.94. The molecule has 0 aromatic heterocycles. The third-order valence-electron chi connectivity index (χ3n) is 3.93. The van der Waals surface area contributed by atoms with Gasteiger partial charge in [-0.1, -0.05) is 90.4 Å². The van der Waals surface area contributed by atoms with Crippen LogP contribution in [0.25, 0.3) is 0 Å². The van der Waals surface area contributed by atoms with Crippen LogP contribution in [0.5, 0.6) is 0 Å². The maximum absolute atomic E-state index is 10.3. The van der Waals surface area contributed by atoms with E-state index in [9.17, 15) is 8.76 Å². The normalized spacial score (nSPS) is 12.1. The molecule has 128 valence electrons. The minimum Gasteiger partial charge on any atom is -0.771 e. The number of hydrogen-bond acceptors (Lipinski definition) is 3. The Morgan fingerprint density at radius 1 is 0.727 bits per heavy atom. The van der Waals surface area contributed by atoms with Gasteiger partial charge in [-0.15, -0.1) is 0 Å². The number of nitrogens with one attached hydrogen (secondary N) is 1. The average molecular weight is 342 g/mol. The van der Waals surface area contributed by atoms with Crippen LogP contribution in [0.4, 0.5) is 0 Å². The van der Waals surface area contributed by atoms with Gasteiger partial charge in [-0.25, -0.2) is 0 Å². The summed E-state index contributed by atoms with van der Waals surface area (Å²) in [6.07, 6.45) is 19.0. The summed E-state index contributed by atoms with van der Waals surface area (Å²) in [4.78, 5) is 0. The molecule has 1 unspecified atom stereocenters. The Morgan fingerprint density at radius 3 is 1.45 bits per heavy atom. The van der Waals surface area contributed by atoms with Gasteiger partial charge in [0.05, 0.1) is 5.88 Å². The first-order chi connectivity index (χ1) is 10.3. The van der Waals surface area contributed by atoms with Crippen molar-refractivity contribution in [1.29, 1.82) is 0 Å². The Balaban J connectivity index is 0. The summed E-state index contributed by atoms with van der Waals surface area (Å²) < 4.78 is 20.6. The average Bonchev–Trinajstić information content (AvgIpc) is 2.46. The van der Waals surface area contributed by atoms with E-state index in [4.69, 9.17) is 0 Å². The number of hydrogen-bond donors (Lipinski definition) is 1. The van der Waals surface area contributed by atoms with E-state index in [1.54, 1.807) is 0 Å². The van der Waals surface area contributed by atoms with Crippen molar-refractivity contribution >= 4 is 11.1 Å². The molecule has 0 aromatic rings. The van der Waals surface area contributed by atoms with Gasteiger partial charge >= 0.3 is 29.6 Å². The molecule has 0 aliphatic rings. The third-order valence-corrected chi connectivity index (χ3v) is 4.37. The topological polar surface area (TPSA) is 52.2 Å². The molecule has 0 aromatic carbocycles. The molecule has 0 radical (unpaired) electrons. The third kappa shape index (κ3) is 23.3. The van der Waals surface area contributed by atoms with Crippen molar-refractivity contribution in [2.75, 3.05) is 12.4 Å². The SMILES string of the molecule is CCCCCCCCCCCCCCCCNCS(=O)[O-].[Na+]. The monoisotopic (exact) mass is 341 g/mol. The molecule has 22 heavy (non-hydrogen) atoms. The van der Waals surface area contributed by atoms with Gasteiger partial charge in [0, 0.05) is 0 Å². The quantitative estimate of drug-likeness (QED) is 0.250. The van der Waals surface area contributed by atoms with Crippen molar-refractivity contribution in [1.82, 2.24) is 5.32 Å². The fraction of sp³-hybridized carbons (Fsp3) is 1.00. The van der Waals surface area contributed by atoms with Crippen molar-refractivity contribution in [3.05, 3.63) is 0 Å². The molecule has 1 atom stereocenters. The summed E-state index contributed by atoms with van der Waals surface area (Å²) in [6.45, 7) is 3.09. The molecule has 0 aliphatic carbocycles. The molecular formula is C17H36NNaO2S. The zero-order valence-electron chi connectivity index (χ0n) is 15.0. The van der Waals surface area contributed by atoms with Crippen LogP contribution in [0.15, 0.2) is 0 Å². The van der Waals surface area contributed by atoms with Gasteiger partial charge in [-0.05, 0) is 24.0 Å². The van der Waals surface area contributed by atoms with Gasteiger partial charge in [0.15, 0.2) is 0 Å². The van der Waals surface area contributed by atoms with E-state index in [-0.39, 0.29) is 35.4 Å². The van der Waals surface area contributed by atoms with Crippen LogP contribution < -0.4 is 34.9 Å². The first-order valence-corrected chi connectivity index (χ1v) is 10.3. The Labute approximate surface area is 163 Å². The summed E-state index contributed by atoms with van der Waals surface area (Å²) in [5.41, 5.74) is 0. The zero-order valence-corrected chi connectivity index (χ0v) is 17.9. The smallest absolute Gasteiger partial charge is 0.771 e. The fourth-order valence-corrected chi connectivity index (χ4v) is 2.91. The van der Waals surface area contributed by atoms with Gasteiger partial charge in [0.1, 0.15) is 0 Å². The molecule has 1 N–H and O–H groups in total. The molecule has 0 saturated heterocycles. The Hall–Kier alpha value is 1.07. The number of unbranched alkanes of at least 4 members (excludes halogenated alkanes) is 13. The molecule has 0 saturated carbocycles. The second kappa shape index (κ2) is 22.1. The van der Waals surface area contributed by atoms with E-state index in [2.05, 4.69) is 12.2 Å². The second-order valence-electron chi connectivity index (χ2n) is 6.04. The zero-order chi connectivity index (χ0) is 15.6. The van der Waals surface area contributed by atoms with Crippen LogP contribution in [-0.4, -0.2) is 21.2 Å². The van der Waals surface area contributed by atoms with E-state index in [1.165, 1.54) is 83.5 Å². The molecule has 0 heterocycles. The van der Waals surface area contributed by atoms with E-state index in [0.717, 1.165) is 13.0 Å². The first kappa shape index (κ1) is 25.3. The maximum atomic E-state index is 10.3. The molecule has 0 fully saturated rings. The molecule has 5 heteroatoms. The Morgan fingerprint density at radius 2 is 1.09 bits per heavy atom. The van der Waals surface area contributed by atoms with Crippen LogP contribution in [-0.2, 0) is 11.1 Å². The van der Waals surface area contributed by atoms with Crippen molar-refractivity contribution in [3.8, 4) is 0 Å². The summed E-state index contributed by atoms with van der Waals surface area (Å²) in [5, 5.41) is 2.92. The van der Waals surface area contributed by atoms with Gasteiger partial charge < -0.3 is 9.87 Å². The molecule has 0 spiro atoms. The minimum atomic E-state index is -1.94. The van der Waals surface area contributed by atoms with Crippen LogP contribution in [0.3, 0.4) is 0 Å².